The van der Waals surface area contributed by atoms with Gasteiger partial charge in [-0.05, 0) is 20.8 Å². The van der Waals surface area contributed by atoms with E-state index in [-0.39, 0.29) is 0 Å². The summed E-state index contributed by atoms with van der Waals surface area (Å²) in [7, 11) is 0. The molecule has 0 aliphatic rings. The maximum absolute atomic E-state index is 10.6. The predicted molar refractivity (Wildman–Crippen MR) is 42.2 cm³/mol. The summed E-state index contributed by atoms with van der Waals surface area (Å²) in [4.78, 5) is 10.6. The molecule has 0 aromatic rings. The SMILES string of the molecule is C=CC(C)(O)C(C)(C)C(=O)O. The van der Waals surface area contributed by atoms with Crippen molar-refractivity contribution in [2.75, 3.05) is 0 Å². The summed E-state index contributed by atoms with van der Waals surface area (Å²) >= 11 is 0. The highest BCUT2D eigenvalue weighted by Crippen LogP contribution is 2.31. The van der Waals surface area contributed by atoms with Gasteiger partial charge in [0.2, 0.25) is 0 Å². The maximum atomic E-state index is 10.6. The zero-order chi connectivity index (χ0) is 9.28. The fourth-order valence-corrected chi connectivity index (χ4v) is 0.472. The molecule has 1 unspecified atom stereocenters. The molecular weight excluding hydrogens is 144 g/mol. The Morgan fingerprint density at radius 3 is 1.91 bits per heavy atom. The van der Waals surface area contributed by atoms with E-state index in [2.05, 4.69) is 6.58 Å². The summed E-state index contributed by atoms with van der Waals surface area (Å²) in [5, 5.41) is 18.2. The Morgan fingerprint density at radius 2 is 1.82 bits per heavy atom. The topological polar surface area (TPSA) is 57.5 Å². The lowest BCUT2D eigenvalue weighted by Gasteiger charge is -2.33. The van der Waals surface area contributed by atoms with E-state index >= 15 is 0 Å². The number of aliphatic hydroxyl groups is 1. The second-order valence-electron chi connectivity index (χ2n) is 3.28. The van der Waals surface area contributed by atoms with Crippen molar-refractivity contribution >= 4 is 5.97 Å². The number of hydrogen-bond donors (Lipinski definition) is 2. The molecule has 0 aliphatic carbocycles. The molecule has 0 bridgehead atoms. The first-order chi connectivity index (χ1) is 4.75. The van der Waals surface area contributed by atoms with Crippen LogP contribution in [0.3, 0.4) is 0 Å². The lowest BCUT2D eigenvalue weighted by molar-refractivity contribution is -0.157. The van der Waals surface area contributed by atoms with Crippen molar-refractivity contribution < 1.29 is 15.0 Å². The van der Waals surface area contributed by atoms with Crippen molar-refractivity contribution in [3.05, 3.63) is 12.7 Å². The Hall–Kier alpha value is -0.830. The Kier molecular flexibility index (Phi) is 2.46. The molecular formula is C8H14O3. The van der Waals surface area contributed by atoms with Gasteiger partial charge in [-0.2, -0.15) is 0 Å². The van der Waals surface area contributed by atoms with E-state index in [1.54, 1.807) is 0 Å². The minimum absolute atomic E-state index is 1.04. The molecule has 0 saturated heterocycles. The van der Waals surface area contributed by atoms with Crippen molar-refractivity contribution in [1.29, 1.82) is 0 Å². The number of rotatable bonds is 3. The molecule has 1 atom stereocenters. The van der Waals surface area contributed by atoms with Gasteiger partial charge in [0.05, 0.1) is 11.0 Å². The van der Waals surface area contributed by atoms with Crippen molar-refractivity contribution in [2.45, 2.75) is 26.4 Å². The van der Waals surface area contributed by atoms with Gasteiger partial charge in [-0.3, -0.25) is 4.79 Å². The zero-order valence-electron chi connectivity index (χ0n) is 7.09. The standard InChI is InChI=1S/C8H14O3/c1-5-8(4,11)7(2,3)6(9)10/h5,11H,1H2,2-4H3,(H,9,10). The van der Waals surface area contributed by atoms with E-state index in [0.29, 0.717) is 0 Å². The van der Waals surface area contributed by atoms with Gasteiger partial charge in [-0.15, -0.1) is 6.58 Å². The normalized spacial score (nSPS) is 17.1. The summed E-state index contributed by atoms with van der Waals surface area (Å²) in [5.41, 5.74) is -2.58. The first-order valence-electron chi connectivity index (χ1n) is 3.35. The molecule has 0 saturated carbocycles. The van der Waals surface area contributed by atoms with Crippen LogP contribution in [-0.2, 0) is 4.79 Å². The van der Waals surface area contributed by atoms with Gasteiger partial charge >= 0.3 is 5.97 Å². The third-order valence-corrected chi connectivity index (χ3v) is 2.20. The number of hydrogen-bond acceptors (Lipinski definition) is 2. The molecule has 0 heterocycles. The molecule has 0 aliphatic heterocycles. The Balaban J connectivity index is 4.81. The highest BCUT2D eigenvalue weighted by molar-refractivity contribution is 5.75. The lowest BCUT2D eigenvalue weighted by Crippen LogP contribution is -2.45. The highest BCUT2D eigenvalue weighted by Gasteiger charge is 2.43. The molecule has 2 N–H and O–H groups in total. The van der Waals surface area contributed by atoms with Crippen LogP contribution in [-0.4, -0.2) is 21.8 Å². The van der Waals surface area contributed by atoms with Crippen LogP contribution in [0.4, 0.5) is 0 Å². The van der Waals surface area contributed by atoms with Crippen molar-refractivity contribution in [2.24, 2.45) is 5.41 Å². The third-order valence-electron chi connectivity index (χ3n) is 2.20. The monoisotopic (exact) mass is 158 g/mol. The van der Waals surface area contributed by atoms with Crippen LogP contribution >= 0.6 is 0 Å². The highest BCUT2D eigenvalue weighted by atomic mass is 16.4. The van der Waals surface area contributed by atoms with Crippen molar-refractivity contribution in [1.82, 2.24) is 0 Å². The minimum atomic E-state index is -1.38. The van der Waals surface area contributed by atoms with Gasteiger partial charge in [-0.1, -0.05) is 6.08 Å². The molecule has 0 fully saturated rings. The Morgan fingerprint density at radius 1 is 1.45 bits per heavy atom. The van der Waals surface area contributed by atoms with Crippen molar-refractivity contribution in [3.63, 3.8) is 0 Å². The van der Waals surface area contributed by atoms with E-state index in [0.717, 1.165) is 0 Å². The predicted octanol–water partition coefficient (Wildman–Crippen LogP) is 1.03. The minimum Gasteiger partial charge on any atom is -0.481 e. The van der Waals surface area contributed by atoms with E-state index in [1.165, 1.54) is 26.8 Å². The number of carboxylic acid groups (broad SMARTS) is 1. The molecule has 0 aromatic heterocycles. The summed E-state index contributed by atoms with van der Waals surface area (Å²) in [6.07, 6.45) is 1.24. The van der Waals surface area contributed by atoms with E-state index in [1.807, 2.05) is 0 Å². The van der Waals surface area contributed by atoms with Gasteiger partial charge in [-0.25, -0.2) is 0 Å². The van der Waals surface area contributed by atoms with Gasteiger partial charge in [0.1, 0.15) is 0 Å². The van der Waals surface area contributed by atoms with Gasteiger partial charge in [0.15, 0.2) is 0 Å². The molecule has 3 nitrogen and oxygen atoms in total. The van der Waals surface area contributed by atoms with Gasteiger partial charge in [0, 0.05) is 0 Å². The van der Waals surface area contributed by atoms with Gasteiger partial charge in [0.25, 0.3) is 0 Å². The first-order valence-corrected chi connectivity index (χ1v) is 3.35. The smallest absolute Gasteiger partial charge is 0.312 e. The summed E-state index contributed by atoms with van der Waals surface area (Å²) in [5.74, 6) is -1.04. The maximum Gasteiger partial charge on any atom is 0.312 e. The summed E-state index contributed by atoms with van der Waals surface area (Å²) < 4.78 is 0. The Labute approximate surface area is 66.4 Å². The fourth-order valence-electron chi connectivity index (χ4n) is 0.472. The average Bonchev–Trinajstić information content (AvgIpc) is 1.87. The van der Waals surface area contributed by atoms with E-state index < -0.39 is 17.0 Å². The molecule has 0 amide bonds. The molecule has 3 heteroatoms. The van der Waals surface area contributed by atoms with Gasteiger partial charge < -0.3 is 10.2 Å². The molecule has 11 heavy (non-hydrogen) atoms. The quantitative estimate of drug-likeness (QED) is 0.603. The fraction of sp³-hybridized carbons (Fsp3) is 0.625. The van der Waals surface area contributed by atoms with Crippen molar-refractivity contribution in [3.8, 4) is 0 Å². The summed E-state index contributed by atoms with van der Waals surface area (Å²) in [6, 6.07) is 0. The third kappa shape index (κ3) is 1.60. The molecule has 0 aromatic carbocycles. The number of carbonyl (C=O) groups is 1. The van der Waals surface area contributed by atoms with Crippen LogP contribution in [0, 0.1) is 5.41 Å². The van der Waals surface area contributed by atoms with Crippen LogP contribution in [0.5, 0.6) is 0 Å². The molecule has 64 valence electrons. The van der Waals surface area contributed by atoms with Crippen LogP contribution in [0.15, 0.2) is 12.7 Å². The van der Waals surface area contributed by atoms with E-state index in [9.17, 15) is 9.90 Å². The number of aliphatic carboxylic acids is 1. The average molecular weight is 158 g/mol. The van der Waals surface area contributed by atoms with Crippen LogP contribution < -0.4 is 0 Å². The number of carboxylic acids is 1. The van der Waals surface area contributed by atoms with E-state index in [4.69, 9.17) is 5.11 Å². The second kappa shape index (κ2) is 2.66. The summed E-state index contributed by atoms with van der Waals surface area (Å²) in [6.45, 7) is 7.70. The molecule has 0 radical (unpaired) electrons. The first kappa shape index (κ1) is 10.2. The second-order valence-corrected chi connectivity index (χ2v) is 3.28. The largest absolute Gasteiger partial charge is 0.481 e. The molecule has 0 rings (SSSR count). The van der Waals surface area contributed by atoms with Crippen LogP contribution in [0.1, 0.15) is 20.8 Å². The zero-order valence-corrected chi connectivity index (χ0v) is 7.09. The van der Waals surface area contributed by atoms with Crippen LogP contribution in [0.2, 0.25) is 0 Å². The van der Waals surface area contributed by atoms with Crippen LogP contribution in [0.25, 0.3) is 0 Å². The molecule has 0 spiro atoms. The lowest BCUT2D eigenvalue weighted by atomic mass is 9.76. The Bertz CT molecular complexity index is 180.